The molecule has 4 rings (SSSR count). The standard InChI is InChI=1S/C19H21N5O/c1-13(2)18-22-7-8-23(18)10-14-11-24(12-14)19(25)15-3-4-16-17(9-15)21-6-5-20-16/h3-9,13-14H,10-12H2,1-2H3. The second-order valence-electron chi connectivity index (χ2n) is 6.93. The molecule has 0 unspecified atom stereocenters. The Kier molecular flexibility index (Phi) is 3.95. The number of imidazole rings is 1. The summed E-state index contributed by atoms with van der Waals surface area (Å²) in [7, 11) is 0. The first-order valence-electron chi connectivity index (χ1n) is 8.63. The lowest BCUT2D eigenvalue weighted by Gasteiger charge is -2.39. The lowest BCUT2D eigenvalue weighted by molar-refractivity contribution is 0.0467. The van der Waals surface area contributed by atoms with Gasteiger partial charge >= 0.3 is 0 Å². The maximum atomic E-state index is 12.7. The first-order valence-corrected chi connectivity index (χ1v) is 8.63. The molecule has 1 aliphatic heterocycles. The molecule has 0 spiro atoms. The van der Waals surface area contributed by atoms with Gasteiger partial charge in [-0.15, -0.1) is 0 Å². The largest absolute Gasteiger partial charge is 0.338 e. The number of likely N-dealkylation sites (tertiary alicyclic amines) is 1. The number of carbonyl (C=O) groups excluding carboxylic acids is 1. The molecule has 0 bridgehead atoms. The summed E-state index contributed by atoms with van der Waals surface area (Å²) in [5.74, 6) is 2.07. The Morgan fingerprint density at radius 2 is 1.88 bits per heavy atom. The topological polar surface area (TPSA) is 63.9 Å². The molecule has 1 aliphatic rings. The van der Waals surface area contributed by atoms with Crippen molar-refractivity contribution in [2.45, 2.75) is 26.3 Å². The maximum absolute atomic E-state index is 12.7. The van der Waals surface area contributed by atoms with Crippen molar-refractivity contribution in [3.05, 3.63) is 54.4 Å². The van der Waals surface area contributed by atoms with Crippen LogP contribution < -0.4 is 0 Å². The van der Waals surface area contributed by atoms with Crippen molar-refractivity contribution < 1.29 is 4.79 Å². The third kappa shape index (κ3) is 2.99. The highest BCUT2D eigenvalue weighted by Gasteiger charge is 2.32. The Bertz CT molecular complexity index is 911. The van der Waals surface area contributed by atoms with E-state index in [4.69, 9.17) is 0 Å². The van der Waals surface area contributed by atoms with E-state index < -0.39 is 0 Å². The molecule has 0 atom stereocenters. The Morgan fingerprint density at radius 1 is 1.12 bits per heavy atom. The smallest absolute Gasteiger partial charge is 0.253 e. The van der Waals surface area contributed by atoms with Crippen LogP contribution in [0.25, 0.3) is 11.0 Å². The fourth-order valence-electron chi connectivity index (χ4n) is 3.38. The van der Waals surface area contributed by atoms with E-state index in [0.29, 0.717) is 17.4 Å². The molecular weight excluding hydrogens is 314 g/mol. The number of fused-ring (bicyclic) bond motifs is 1. The van der Waals surface area contributed by atoms with Crippen LogP contribution >= 0.6 is 0 Å². The zero-order chi connectivity index (χ0) is 17.4. The second kappa shape index (κ2) is 6.27. The van der Waals surface area contributed by atoms with Crippen LogP contribution in [0.3, 0.4) is 0 Å². The van der Waals surface area contributed by atoms with Crippen LogP contribution in [0.1, 0.15) is 35.9 Å². The highest BCUT2D eigenvalue weighted by atomic mass is 16.2. The zero-order valence-corrected chi connectivity index (χ0v) is 14.5. The molecule has 2 aromatic heterocycles. The fourth-order valence-corrected chi connectivity index (χ4v) is 3.38. The van der Waals surface area contributed by atoms with Gasteiger partial charge in [-0.25, -0.2) is 4.98 Å². The van der Waals surface area contributed by atoms with E-state index in [9.17, 15) is 4.79 Å². The predicted molar refractivity (Wildman–Crippen MR) is 95.2 cm³/mol. The molecule has 3 aromatic rings. The molecular formula is C19H21N5O. The van der Waals surface area contributed by atoms with Crippen LogP contribution in [0.2, 0.25) is 0 Å². The molecule has 0 radical (unpaired) electrons. The quantitative estimate of drug-likeness (QED) is 0.735. The van der Waals surface area contributed by atoms with Crippen LogP contribution in [0.15, 0.2) is 43.0 Å². The Balaban J connectivity index is 1.41. The second-order valence-corrected chi connectivity index (χ2v) is 6.93. The molecule has 1 saturated heterocycles. The van der Waals surface area contributed by atoms with Crippen molar-refractivity contribution in [1.29, 1.82) is 0 Å². The van der Waals surface area contributed by atoms with Crippen LogP contribution in [-0.4, -0.2) is 43.4 Å². The molecule has 1 amide bonds. The molecule has 0 N–H and O–H groups in total. The Hall–Kier alpha value is -2.76. The van der Waals surface area contributed by atoms with E-state index >= 15 is 0 Å². The molecule has 1 aromatic carbocycles. The summed E-state index contributed by atoms with van der Waals surface area (Å²) in [6.45, 7) is 6.79. The normalized spacial score (nSPS) is 14.9. The van der Waals surface area contributed by atoms with Gasteiger partial charge in [0.2, 0.25) is 0 Å². The van der Waals surface area contributed by atoms with Crippen LogP contribution in [0.4, 0.5) is 0 Å². The minimum atomic E-state index is 0.0681. The summed E-state index contributed by atoms with van der Waals surface area (Å²) >= 11 is 0. The highest BCUT2D eigenvalue weighted by Crippen LogP contribution is 2.23. The van der Waals surface area contributed by atoms with Gasteiger partial charge in [-0.3, -0.25) is 14.8 Å². The van der Waals surface area contributed by atoms with Gasteiger partial charge in [-0.2, -0.15) is 0 Å². The van der Waals surface area contributed by atoms with Gasteiger partial charge in [0.15, 0.2) is 0 Å². The summed E-state index contributed by atoms with van der Waals surface area (Å²) < 4.78 is 2.21. The lowest BCUT2D eigenvalue weighted by atomic mass is 9.98. The number of amides is 1. The van der Waals surface area contributed by atoms with E-state index in [1.807, 2.05) is 35.5 Å². The van der Waals surface area contributed by atoms with Crippen molar-refractivity contribution in [2.24, 2.45) is 5.92 Å². The summed E-state index contributed by atoms with van der Waals surface area (Å²) in [6.07, 6.45) is 7.19. The highest BCUT2D eigenvalue weighted by molar-refractivity contribution is 5.97. The third-order valence-corrected chi connectivity index (χ3v) is 4.68. The van der Waals surface area contributed by atoms with E-state index in [-0.39, 0.29) is 5.91 Å². The number of benzene rings is 1. The number of hydrogen-bond acceptors (Lipinski definition) is 4. The van der Waals surface area contributed by atoms with E-state index in [0.717, 1.165) is 36.5 Å². The van der Waals surface area contributed by atoms with Gasteiger partial charge in [-0.05, 0) is 18.2 Å². The van der Waals surface area contributed by atoms with Gasteiger partial charge in [0.25, 0.3) is 5.91 Å². The average Bonchev–Trinajstić information content (AvgIpc) is 3.05. The number of carbonyl (C=O) groups is 1. The van der Waals surface area contributed by atoms with E-state index in [1.165, 1.54) is 0 Å². The molecule has 0 aliphatic carbocycles. The Morgan fingerprint density at radius 3 is 2.64 bits per heavy atom. The summed E-state index contributed by atoms with van der Waals surface area (Å²) in [5, 5.41) is 0. The van der Waals surface area contributed by atoms with Crippen molar-refractivity contribution in [3.63, 3.8) is 0 Å². The van der Waals surface area contributed by atoms with E-state index in [1.54, 1.807) is 12.4 Å². The van der Waals surface area contributed by atoms with Gasteiger partial charge in [0.1, 0.15) is 5.82 Å². The third-order valence-electron chi connectivity index (χ3n) is 4.68. The molecule has 25 heavy (non-hydrogen) atoms. The number of hydrogen-bond donors (Lipinski definition) is 0. The van der Waals surface area contributed by atoms with Gasteiger partial charge < -0.3 is 9.47 Å². The molecule has 6 heteroatoms. The van der Waals surface area contributed by atoms with Crippen molar-refractivity contribution in [2.75, 3.05) is 13.1 Å². The summed E-state index contributed by atoms with van der Waals surface area (Å²) in [6, 6.07) is 5.51. The Labute approximate surface area is 146 Å². The predicted octanol–water partition coefficient (Wildman–Crippen LogP) is 2.72. The lowest BCUT2D eigenvalue weighted by Crippen LogP contribution is -2.51. The summed E-state index contributed by atoms with van der Waals surface area (Å²) in [5.41, 5.74) is 2.24. The van der Waals surface area contributed by atoms with Crippen molar-refractivity contribution >= 4 is 16.9 Å². The van der Waals surface area contributed by atoms with Crippen LogP contribution in [-0.2, 0) is 6.54 Å². The maximum Gasteiger partial charge on any atom is 0.253 e. The van der Waals surface area contributed by atoms with Gasteiger partial charge in [0.05, 0.1) is 11.0 Å². The van der Waals surface area contributed by atoms with E-state index in [2.05, 4.69) is 33.4 Å². The average molecular weight is 335 g/mol. The monoisotopic (exact) mass is 335 g/mol. The van der Waals surface area contributed by atoms with Gasteiger partial charge in [-0.1, -0.05) is 13.8 Å². The number of aromatic nitrogens is 4. The molecule has 0 saturated carbocycles. The van der Waals surface area contributed by atoms with Crippen LogP contribution in [0, 0.1) is 5.92 Å². The first kappa shape index (κ1) is 15.7. The molecule has 128 valence electrons. The van der Waals surface area contributed by atoms with Gasteiger partial charge in [0, 0.05) is 61.8 Å². The van der Waals surface area contributed by atoms with Crippen molar-refractivity contribution in [1.82, 2.24) is 24.4 Å². The SMILES string of the molecule is CC(C)c1nccn1CC1CN(C(=O)c2ccc3nccnc3c2)C1. The summed E-state index contributed by atoms with van der Waals surface area (Å²) in [4.78, 5) is 27.5. The minimum Gasteiger partial charge on any atom is -0.338 e. The first-order chi connectivity index (χ1) is 12.1. The van der Waals surface area contributed by atoms with Crippen molar-refractivity contribution in [3.8, 4) is 0 Å². The number of nitrogens with zero attached hydrogens (tertiary/aromatic N) is 5. The molecule has 3 heterocycles. The molecule has 6 nitrogen and oxygen atoms in total. The fraction of sp³-hybridized carbons (Fsp3) is 0.368. The molecule has 1 fully saturated rings. The zero-order valence-electron chi connectivity index (χ0n) is 14.5. The minimum absolute atomic E-state index is 0.0681. The van der Waals surface area contributed by atoms with Crippen LogP contribution in [0.5, 0.6) is 0 Å². The number of rotatable bonds is 4.